The molecule has 0 spiro atoms. The molecule has 0 unspecified atom stereocenters. The first-order chi connectivity index (χ1) is 7.15. The molecule has 1 aliphatic carbocycles. The Balaban J connectivity index is 1.91. The van der Waals surface area contributed by atoms with Crippen molar-refractivity contribution in [1.82, 2.24) is 15.1 Å². The van der Waals surface area contributed by atoms with Crippen LogP contribution in [0.25, 0.3) is 0 Å². The van der Waals surface area contributed by atoms with Crippen molar-refractivity contribution in [3.05, 3.63) is 22.5 Å². The van der Waals surface area contributed by atoms with Crippen LogP contribution < -0.4 is 5.32 Å². The fraction of sp³-hybridized carbons (Fsp3) is 0.500. The number of nitrogens with zero attached hydrogens (tertiary/aromatic N) is 3. The number of aromatic nitrogens is 2. The van der Waals surface area contributed by atoms with E-state index in [2.05, 4.69) is 10.4 Å². The molecule has 0 radical (unpaired) electrons. The van der Waals surface area contributed by atoms with E-state index >= 15 is 0 Å². The molecule has 0 atom stereocenters. The van der Waals surface area contributed by atoms with Crippen LogP contribution in [0.1, 0.15) is 12.8 Å². The van der Waals surface area contributed by atoms with Gasteiger partial charge in [0.15, 0.2) is 0 Å². The van der Waals surface area contributed by atoms with Crippen molar-refractivity contribution in [2.75, 3.05) is 0 Å². The molecule has 15 heavy (non-hydrogen) atoms. The molecule has 0 bridgehead atoms. The summed E-state index contributed by atoms with van der Waals surface area (Å²) in [5.41, 5.74) is -0.103. The lowest BCUT2D eigenvalue weighted by molar-refractivity contribution is -0.385. The minimum atomic E-state index is -0.539. The van der Waals surface area contributed by atoms with Crippen molar-refractivity contribution in [2.24, 2.45) is 0 Å². The minimum Gasteiger partial charge on any atom is -0.352 e. The van der Waals surface area contributed by atoms with Crippen LogP contribution in [-0.4, -0.2) is 26.7 Å². The predicted octanol–water partition coefficient (Wildman–Crippen LogP) is 0.0699. The maximum atomic E-state index is 11.3. The molecule has 0 aliphatic heterocycles. The molecule has 1 fully saturated rings. The highest BCUT2D eigenvalue weighted by Crippen LogP contribution is 2.18. The summed E-state index contributed by atoms with van der Waals surface area (Å²) >= 11 is 0. The maximum Gasteiger partial charge on any atom is 0.307 e. The maximum absolute atomic E-state index is 11.3. The first-order valence-corrected chi connectivity index (χ1v) is 4.61. The molecule has 0 aromatic carbocycles. The van der Waals surface area contributed by atoms with Gasteiger partial charge in [-0.05, 0) is 12.8 Å². The molecule has 1 saturated carbocycles. The third-order valence-electron chi connectivity index (χ3n) is 2.08. The Morgan fingerprint density at radius 1 is 1.73 bits per heavy atom. The van der Waals surface area contributed by atoms with Crippen LogP contribution >= 0.6 is 0 Å². The standard InChI is InChI=1S/C8H10N4O3/c13-8(10-6-1-2-6)5-11-4-7(3-9-11)12(14)15/h3-4,6H,1-2,5H2,(H,10,13). The van der Waals surface area contributed by atoms with Crippen molar-refractivity contribution in [3.63, 3.8) is 0 Å². The molecule has 80 valence electrons. The van der Waals surface area contributed by atoms with E-state index in [9.17, 15) is 14.9 Å². The van der Waals surface area contributed by atoms with Crippen LogP contribution in [0.2, 0.25) is 0 Å². The number of hydrogen-bond acceptors (Lipinski definition) is 4. The number of nitro groups is 1. The first kappa shape index (κ1) is 9.63. The molecule has 0 saturated heterocycles. The van der Waals surface area contributed by atoms with Gasteiger partial charge in [-0.25, -0.2) is 0 Å². The van der Waals surface area contributed by atoms with Crippen molar-refractivity contribution in [2.45, 2.75) is 25.4 Å². The number of nitrogens with one attached hydrogen (secondary N) is 1. The van der Waals surface area contributed by atoms with Gasteiger partial charge in [0.25, 0.3) is 0 Å². The number of carbonyl (C=O) groups is 1. The second-order valence-corrected chi connectivity index (χ2v) is 3.50. The summed E-state index contributed by atoms with van der Waals surface area (Å²) in [6.07, 6.45) is 4.41. The Bertz CT molecular complexity index is 396. The molecule has 1 heterocycles. The van der Waals surface area contributed by atoms with Gasteiger partial charge < -0.3 is 5.32 Å². The molecule has 1 aromatic rings. The molecule has 1 aliphatic rings. The SMILES string of the molecule is O=C(Cn1cc([N+](=O)[O-])cn1)NC1CC1. The zero-order valence-corrected chi connectivity index (χ0v) is 7.92. The molecule has 1 N–H and O–H groups in total. The van der Waals surface area contributed by atoms with Gasteiger partial charge in [-0.15, -0.1) is 0 Å². The van der Waals surface area contributed by atoms with Crippen molar-refractivity contribution in [1.29, 1.82) is 0 Å². The predicted molar refractivity (Wildman–Crippen MR) is 50.0 cm³/mol. The van der Waals surface area contributed by atoms with Gasteiger partial charge in [0.1, 0.15) is 18.9 Å². The van der Waals surface area contributed by atoms with Gasteiger partial charge in [-0.3, -0.25) is 19.6 Å². The number of amides is 1. The molecule has 7 heteroatoms. The minimum absolute atomic E-state index is 0.0321. The van der Waals surface area contributed by atoms with E-state index in [0.29, 0.717) is 6.04 Å². The van der Waals surface area contributed by atoms with Crippen LogP contribution in [0.3, 0.4) is 0 Å². The summed E-state index contributed by atoms with van der Waals surface area (Å²) in [6.45, 7) is 0.0321. The summed E-state index contributed by atoms with van der Waals surface area (Å²) in [5, 5.41) is 16.8. The Morgan fingerprint density at radius 3 is 3.00 bits per heavy atom. The smallest absolute Gasteiger partial charge is 0.307 e. The summed E-state index contributed by atoms with van der Waals surface area (Å²) < 4.78 is 1.26. The van der Waals surface area contributed by atoms with Crippen molar-refractivity contribution < 1.29 is 9.72 Å². The average molecular weight is 210 g/mol. The number of carbonyl (C=O) groups excluding carboxylic acids is 1. The van der Waals surface area contributed by atoms with Crippen LogP contribution in [-0.2, 0) is 11.3 Å². The van der Waals surface area contributed by atoms with E-state index in [1.54, 1.807) is 0 Å². The zero-order chi connectivity index (χ0) is 10.8. The molecule has 1 amide bonds. The topological polar surface area (TPSA) is 90.1 Å². The monoisotopic (exact) mass is 210 g/mol. The Labute approximate surface area is 85.2 Å². The molecular weight excluding hydrogens is 200 g/mol. The summed E-state index contributed by atoms with van der Waals surface area (Å²) in [6, 6.07) is 0.294. The summed E-state index contributed by atoms with van der Waals surface area (Å²) in [5.74, 6) is -0.157. The second kappa shape index (κ2) is 3.68. The van der Waals surface area contributed by atoms with Crippen LogP contribution in [0, 0.1) is 10.1 Å². The van der Waals surface area contributed by atoms with E-state index in [4.69, 9.17) is 0 Å². The third kappa shape index (κ3) is 2.52. The van der Waals surface area contributed by atoms with E-state index < -0.39 is 4.92 Å². The van der Waals surface area contributed by atoms with Gasteiger partial charge in [0.05, 0.1) is 4.92 Å². The first-order valence-electron chi connectivity index (χ1n) is 4.61. The van der Waals surface area contributed by atoms with Crippen molar-refractivity contribution >= 4 is 11.6 Å². The van der Waals surface area contributed by atoms with E-state index in [1.807, 2.05) is 0 Å². The largest absolute Gasteiger partial charge is 0.352 e. The molecule has 2 rings (SSSR count). The van der Waals surface area contributed by atoms with E-state index in [0.717, 1.165) is 19.0 Å². The normalized spacial score (nSPS) is 14.9. The zero-order valence-electron chi connectivity index (χ0n) is 7.92. The van der Waals surface area contributed by atoms with Gasteiger partial charge in [0.2, 0.25) is 5.91 Å². The van der Waals surface area contributed by atoms with Gasteiger partial charge in [-0.1, -0.05) is 0 Å². The number of rotatable bonds is 4. The van der Waals surface area contributed by atoms with Crippen LogP contribution in [0.5, 0.6) is 0 Å². The molecular formula is C8H10N4O3. The highest BCUT2D eigenvalue weighted by Gasteiger charge is 2.23. The van der Waals surface area contributed by atoms with E-state index in [1.165, 1.54) is 10.9 Å². The summed E-state index contributed by atoms with van der Waals surface area (Å²) in [7, 11) is 0. The lowest BCUT2D eigenvalue weighted by atomic mass is 10.5. The van der Waals surface area contributed by atoms with Crippen LogP contribution in [0.15, 0.2) is 12.4 Å². The van der Waals surface area contributed by atoms with Gasteiger partial charge in [-0.2, -0.15) is 5.10 Å². The fourth-order valence-electron chi connectivity index (χ4n) is 1.18. The quantitative estimate of drug-likeness (QED) is 0.562. The van der Waals surface area contributed by atoms with Gasteiger partial charge in [0, 0.05) is 6.04 Å². The second-order valence-electron chi connectivity index (χ2n) is 3.50. The average Bonchev–Trinajstić information content (AvgIpc) is 2.82. The molecule has 1 aromatic heterocycles. The van der Waals surface area contributed by atoms with Gasteiger partial charge >= 0.3 is 5.69 Å². The van der Waals surface area contributed by atoms with E-state index in [-0.39, 0.29) is 18.1 Å². The Morgan fingerprint density at radius 2 is 2.47 bits per heavy atom. The highest BCUT2D eigenvalue weighted by molar-refractivity contribution is 5.76. The lowest BCUT2D eigenvalue weighted by Crippen LogP contribution is -2.29. The van der Waals surface area contributed by atoms with Crippen LogP contribution in [0.4, 0.5) is 5.69 Å². The summed E-state index contributed by atoms with van der Waals surface area (Å²) in [4.78, 5) is 21.1. The number of hydrogen-bond donors (Lipinski definition) is 1. The highest BCUT2D eigenvalue weighted by atomic mass is 16.6. The van der Waals surface area contributed by atoms with Crippen molar-refractivity contribution in [3.8, 4) is 0 Å². The Hall–Kier alpha value is -1.92. The Kier molecular flexibility index (Phi) is 2.36. The third-order valence-corrected chi connectivity index (χ3v) is 2.08. The fourth-order valence-corrected chi connectivity index (χ4v) is 1.18. The lowest BCUT2D eigenvalue weighted by Gasteiger charge is -2.01. The molecule has 7 nitrogen and oxygen atoms in total.